The van der Waals surface area contributed by atoms with Gasteiger partial charge in [-0.15, -0.1) is 0 Å². The second-order valence-corrected chi connectivity index (χ2v) is 8.91. The van der Waals surface area contributed by atoms with Crippen molar-refractivity contribution in [3.05, 3.63) is 29.6 Å². The van der Waals surface area contributed by atoms with Gasteiger partial charge in [-0.25, -0.2) is 4.79 Å². The van der Waals surface area contributed by atoms with Crippen molar-refractivity contribution in [3.63, 3.8) is 0 Å². The van der Waals surface area contributed by atoms with E-state index >= 15 is 0 Å². The molecule has 1 aliphatic heterocycles. The van der Waals surface area contributed by atoms with Crippen LogP contribution in [0.15, 0.2) is 18.2 Å². The van der Waals surface area contributed by atoms with Crippen molar-refractivity contribution < 1.29 is 22.1 Å². The third kappa shape index (κ3) is 6.62. The van der Waals surface area contributed by atoms with E-state index in [-0.39, 0.29) is 18.6 Å². The number of hydrogen-bond donors (Lipinski definition) is 0. The highest BCUT2D eigenvalue weighted by Gasteiger charge is 2.28. The molecule has 1 aliphatic rings. The number of likely N-dealkylation sites (tertiary alicyclic amines) is 1. The lowest BCUT2D eigenvalue weighted by atomic mass is 9.93. The van der Waals surface area contributed by atoms with Crippen LogP contribution in [0.3, 0.4) is 0 Å². The summed E-state index contributed by atoms with van der Waals surface area (Å²) in [5, 5.41) is 0. The molecule has 0 unspecified atom stereocenters. The number of rotatable bonds is 4. The van der Waals surface area contributed by atoms with Gasteiger partial charge in [0.15, 0.2) is 0 Å². The minimum absolute atomic E-state index is 0.0660. The predicted molar refractivity (Wildman–Crippen MR) is 93.7 cm³/mol. The molecule has 2 rings (SSSR count). The number of hydrogen-bond acceptors (Lipinski definition) is 6. The molecule has 0 saturated carbocycles. The zero-order chi connectivity index (χ0) is 18.7. The zero-order valence-corrected chi connectivity index (χ0v) is 16.0. The fourth-order valence-corrected chi connectivity index (χ4v) is 2.99. The van der Waals surface area contributed by atoms with Crippen molar-refractivity contribution in [1.29, 1.82) is 0 Å². The summed E-state index contributed by atoms with van der Waals surface area (Å²) in [6, 6.07) is 5.52. The van der Waals surface area contributed by atoms with Gasteiger partial charge in [-0.1, -0.05) is 6.07 Å². The summed E-state index contributed by atoms with van der Waals surface area (Å²) in [7, 11) is -3.49. The molecule has 0 bridgehead atoms. The molecule has 0 N–H and O–H groups in total. The molecular formula is C17H26N2O5S. The van der Waals surface area contributed by atoms with E-state index in [1.54, 1.807) is 11.0 Å². The molecule has 25 heavy (non-hydrogen) atoms. The summed E-state index contributed by atoms with van der Waals surface area (Å²) in [5.74, 6) is 0.233. The van der Waals surface area contributed by atoms with Gasteiger partial charge in [-0.2, -0.15) is 8.42 Å². The summed E-state index contributed by atoms with van der Waals surface area (Å²) in [6.07, 6.45) is 2.32. The second-order valence-electron chi connectivity index (χ2n) is 7.26. The number of piperidine rings is 1. The van der Waals surface area contributed by atoms with Gasteiger partial charge < -0.3 is 9.64 Å². The van der Waals surface area contributed by atoms with E-state index in [1.165, 1.54) is 0 Å². The van der Waals surface area contributed by atoms with Gasteiger partial charge in [-0.3, -0.25) is 9.17 Å². The lowest BCUT2D eigenvalue weighted by Crippen LogP contribution is -2.41. The third-order valence-electron chi connectivity index (χ3n) is 3.81. The van der Waals surface area contributed by atoms with Crippen LogP contribution in [0, 0.1) is 0 Å². The number of ether oxygens (including phenoxy) is 1. The largest absolute Gasteiger partial charge is 0.444 e. The summed E-state index contributed by atoms with van der Waals surface area (Å²) in [4.78, 5) is 18.3. The number of pyridine rings is 1. The van der Waals surface area contributed by atoms with Gasteiger partial charge >= 0.3 is 6.09 Å². The van der Waals surface area contributed by atoms with Gasteiger partial charge in [0, 0.05) is 24.7 Å². The Balaban J connectivity index is 1.93. The van der Waals surface area contributed by atoms with Crippen LogP contribution in [0.4, 0.5) is 4.79 Å². The van der Waals surface area contributed by atoms with Crippen LogP contribution in [-0.2, 0) is 25.6 Å². The number of carbonyl (C=O) groups is 1. The van der Waals surface area contributed by atoms with Gasteiger partial charge in [0.1, 0.15) is 12.2 Å². The maximum atomic E-state index is 12.1. The fourth-order valence-electron chi connectivity index (χ4n) is 2.66. The van der Waals surface area contributed by atoms with Crippen LogP contribution in [0.5, 0.6) is 0 Å². The Kier molecular flexibility index (Phi) is 6.05. The quantitative estimate of drug-likeness (QED) is 0.758. The van der Waals surface area contributed by atoms with Crippen molar-refractivity contribution in [3.8, 4) is 0 Å². The van der Waals surface area contributed by atoms with Crippen LogP contribution in [0.2, 0.25) is 0 Å². The molecule has 0 aromatic carbocycles. The topological polar surface area (TPSA) is 85.8 Å². The van der Waals surface area contributed by atoms with E-state index in [0.29, 0.717) is 18.8 Å². The van der Waals surface area contributed by atoms with Gasteiger partial charge in [-0.05, 0) is 45.7 Å². The van der Waals surface area contributed by atoms with E-state index in [4.69, 9.17) is 8.92 Å². The molecule has 1 fully saturated rings. The van der Waals surface area contributed by atoms with Crippen LogP contribution in [0.25, 0.3) is 0 Å². The number of amides is 1. The molecule has 0 aliphatic carbocycles. The first-order valence-corrected chi connectivity index (χ1v) is 10.1. The van der Waals surface area contributed by atoms with E-state index in [0.717, 1.165) is 24.8 Å². The van der Waals surface area contributed by atoms with Gasteiger partial charge in [0.25, 0.3) is 10.1 Å². The molecule has 1 aromatic rings. The van der Waals surface area contributed by atoms with Gasteiger partial charge in [0.05, 0.1) is 11.9 Å². The lowest BCUT2D eigenvalue weighted by molar-refractivity contribution is 0.0204. The summed E-state index contributed by atoms with van der Waals surface area (Å²) in [5.41, 5.74) is 0.986. The highest BCUT2D eigenvalue weighted by Crippen LogP contribution is 2.27. The minimum Gasteiger partial charge on any atom is -0.444 e. The van der Waals surface area contributed by atoms with Crippen LogP contribution >= 0.6 is 0 Å². The van der Waals surface area contributed by atoms with Crippen molar-refractivity contribution in [2.45, 2.75) is 51.7 Å². The predicted octanol–water partition coefficient (Wildman–Crippen LogP) is 2.67. The van der Waals surface area contributed by atoms with E-state index in [2.05, 4.69) is 4.98 Å². The third-order valence-corrected chi connectivity index (χ3v) is 4.36. The molecule has 140 valence electrons. The molecule has 2 heterocycles. The van der Waals surface area contributed by atoms with Gasteiger partial charge in [0.2, 0.25) is 0 Å². The number of aromatic nitrogens is 1. The summed E-state index contributed by atoms with van der Waals surface area (Å²) < 4.78 is 32.4. The number of nitrogens with zero attached hydrogens (tertiary/aromatic N) is 2. The normalized spacial score (nSPS) is 16.7. The molecule has 0 atom stereocenters. The summed E-state index contributed by atoms with van der Waals surface area (Å²) >= 11 is 0. The molecule has 7 nitrogen and oxygen atoms in total. The van der Waals surface area contributed by atoms with Crippen molar-refractivity contribution in [2.75, 3.05) is 19.3 Å². The monoisotopic (exact) mass is 370 g/mol. The Labute approximate surface area is 149 Å². The number of carbonyl (C=O) groups excluding carboxylic acids is 1. The first-order chi connectivity index (χ1) is 11.5. The molecule has 8 heteroatoms. The standard InChI is InChI=1S/C17H26N2O5S/c1-17(2,3)24-16(20)19-10-8-13(9-11-19)15-7-5-6-14(18-15)12-23-25(4,21)22/h5-7,13H,8-12H2,1-4H3. The van der Waals surface area contributed by atoms with E-state index in [1.807, 2.05) is 32.9 Å². The second kappa shape index (κ2) is 7.70. The minimum atomic E-state index is -3.49. The molecule has 1 amide bonds. The van der Waals surface area contributed by atoms with Crippen molar-refractivity contribution >= 4 is 16.2 Å². The molecule has 0 radical (unpaired) electrons. The molecule has 1 saturated heterocycles. The van der Waals surface area contributed by atoms with Crippen molar-refractivity contribution in [1.82, 2.24) is 9.88 Å². The lowest BCUT2D eigenvalue weighted by Gasteiger charge is -2.33. The summed E-state index contributed by atoms with van der Waals surface area (Å²) in [6.45, 7) is 6.73. The Hall–Kier alpha value is -1.67. The average Bonchev–Trinajstić information content (AvgIpc) is 2.51. The van der Waals surface area contributed by atoms with Crippen molar-refractivity contribution in [2.24, 2.45) is 0 Å². The Morgan fingerprint density at radius 2 is 1.92 bits per heavy atom. The highest BCUT2D eigenvalue weighted by atomic mass is 32.2. The Bertz CT molecular complexity index is 704. The molecule has 1 aromatic heterocycles. The van der Waals surface area contributed by atoms with Crippen LogP contribution in [-0.4, -0.2) is 49.3 Å². The average molecular weight is 370 g/mol. The zero-order valence-electron chi connectivity index (χ0n) is 15.2. The Morgan fingerprint density at radius 3 is 2.48 bits per heavy atom. The first kappa shape index (κ1) is 19.7. The first-order valence-electron chi connectivity index (χ1n) is 8.32. The maximum absolute atomic E-state index is 12.1. The van der Waals surface area contributed by atoms with E-state index < -0.39 is 15.7 Å². The van der Waals surface area contributed by atoms with Crippen LogP contribution < -0.4 is 0 Å². The highest BCUT2D eigenvalue weighted by molar-refractivity contribution is 7.85. The fraction of sp³-hybridized carbons (Fsp3) is 0.647. The SMILES string of the molecule is CC(C)(C)OC(=O)N1CCC(c2cccc(COS(C)(=O)=O)n2)CC1. The van der Waals surface area contributed by atoms with E-state index in [9.17, 15) is 13.2 Å². The molecular weight excluding hydrogens is 344 g/mol. The maximum Gasteiger partial charge on any atom is 0.410 e. The van der Waals surface area contributed by atoms with Crippen LogP contribution in [0.1, 0.15) is 50.9 Å². The molecule has 0 spiro atoms. The smallest absolute Gasteiger partial charge is 0.410 e. The Morgan fingerprint density at radius 1 is 1.28 bits per heavy atom.